The van der Waals surface area contributed by atoms with Crippen LogP contribution in [0.5, 0.6) is 0 Å². The van der Waals surface area contributed by atoms with Crippen molar-refractivity contribution in [3.63, 3.8) is 0 Å². The second-order valence-electron chi connectivity index (χ2n) is 2.42. The van der Waals surface area contributed by atoms with E-state index >= 15 is 0 Å². The molecule has 0 spiro atoms. The third-order valence-electron chi connectivity index (χ3n) is 1.46. The maximum atomic E-state index is 10.5. The van der Waals surface area contributed by atoms with Gasteiger partial charge < -0.3 is 9.84 Å². The third kappa shape index (κ3) is 6.77. The van der Waals surface area contributed by atoms with Crippen molar-refractivity contribution in [3.8, 4) is 0 Å². The molecule has 0 fully saturated rings. The summed E-state index contributed by atoms with van der Waals surface area (Å²) in [5.74, 6) is -0.847. The SMILES string of the molecule is CCCCC(OCC)C(=O)O.[Ir]. The quantitative estimate of drug-likeness (QED) is 0.791. The van der Waals surface area contributed by atoms with Crippen LogP contribution in [0.3, 0.4) is 0 Å². The molecule has 1 atom stereocenters. The van der Waals surface area contributed by atoms with E-state index in [9.17, 15) is 4.79 Å². The van der Waals surface area contributed by atoms with Crippen LogP contribution in [0.1, 0.15) is 33.1 Å². The molecule has 0 aromatic carbocycles. The average Bonchev–Trinajstić information content (AvgIpc) is 1.97. The first-order valence-corrected chi connectivity index (χ1v) is 4.06. The number of hydrogen-bond acceptors (Lipinski definition) is 2. The van der Waals surface area contributed by atoms with E-state index < -0.39 is 12.1 Å². The van der Waals surface area contributed by atoms with Crippen molar-refractivity contribution >= 4 is 5.97 Å². The average molecular weight is 352 g/mol. The van der Waals surface area contributed by atoms with Crippen molar-refractivity contribution in [2.24, 2.45) is 0 Å². The van der Waals surface area contributed by atoms with Crippen LogP contribution in [0.2, 0.25) is 0 Å². The van der Waals surface area contributed by atoms with E-state index in [4.69, 9.17) is 9.84 Å². The Morgan fingerprint density at radius 2 is 2.08 bits per heavy atom. The maximum absolute atomic E-state index is 10.5. The zero-order chi connectivity index (χ0) is 8.69. The molecule has 1 N–H and O–H groups in total. The van der Waals surface area contributed by atoms with Crippen molar-refractivity contribution < 1.29 is 34.7 Å². The van der Waals surface area contributed by atoms with Gasteiger partial charge in [-0.2, -0.15) is 0 Å². The van der Waals surface area contributed by atoms with Gasteiger partial charge in [-0.1, -0.05) is 19.8 Å². The Balaban J connectivity index is 0. The molecule has 0 bridgehead atoms. The van der Waals surface area contributed by atoms with Crippen molar-refractivity contribution in [1.29, 1.82) is 0 Å². The van der Waals surface area contributed by atoms with Gasteiger partial charge in [-0.05, 0) is 13.3 Å². The van der Waals surface area contributed by atoms with E-state index in [0.29, 0.717) is 13.0 Å². The van der Waals surface area contributed by atoms with Crippen molar-refractivity contribution in [2.75, 3.05) is 6.61 Å². The van der Waals surface area contributed by atoms with Gasteiger partial charge in [0.05, 0.1) is 0 Å². The van der Waals surface area contributed by atoms with E-state index in [1.54, 1.807) is 0 Å². The second kappa shape index (κ2) is 9.17. The summed E-state index contributed by atoms with van der Waals surface area (Å²) in [7, 11) is 0. The van der Waals surface area contributed by atoms with Crippen LogP contribution in [0.15, 0.2) is 0 Å². The molecule has 12 heavy (non-hydrogen) atoms. The molecule has 0 aliphatic heterocycles. The number of carboxylic acid groups (broad SMARTS) is 1. The normalized spacial score (nSPS) is 11.8. The minimum absolute atomic E-state index is 0. The molecule has 0 aromatic heterocycles. The van der Waals surface area contributed by atoms with Crippen LogP contribution < -0.4 is 0 Å². The molecule has 0 rings (SSSR count). The molecule has 75 valence electrons. The standard InChI is InChI=1S/C8H16O3.Ir/c1-3-5-6-7(8(9)10)11-4-2;/h7H,3-6H2,1-2H3,(H,9,10);. The predicted molar refractivity (Wildman–Crippen MR) is 42.6 cm³/mol. The van der Waals surface area contributed by atoms with Crippen molar-refractivity contribution in [1.82, 2.24) is 0 Å². The number of ether oxygens (including phenoxy) is 1. The molecule has 0 aliphatic carbocycles. The molecular formula is C8H16IrO3. The molecule has 0 heterocycles. The van der Waals surface area contributed by atoms with Crippen LogP contribution in [-0.4, -0.2) is 23.8 Å². The summed E-state index contributed by atoms with van der Waals surface area (Å²) >= 11 is 0. The number of rotatable bonds is 6. The Bertz CT molecular complexity index is 117. The number of hydrogen-bond donors (Lipinski definition) is 1. The van der Waals surface area contributed by atoms with Crippen LogP contribution in [-0.2, 0) is 29.6 Å². The fraction of sp³-hybridized carbons (Fsp3) is 0.875. The minimum atomic E-state index is -0.847. The summed E-state index contributed by atoms with van der Waals surface area (Å²) in [5.41, 5.74) is 0. The van der Waals surface area contributed by atoms with Gasteiger partial charge in [-0.3, -0.25) is 0 Å². The van der Waals surface area contributed by atoms with Gasteiger partial charge in [0.25, 0.3) is 0 Å². The molecule has 4 heteroatoms. The van der Waals surface area contributed by atoms with Crippen molar-refractivity contribution in [3.05, 3.63) is 0 Å². The Labute approximate surface area is 86.8 Å². The van der Waals surface area contributed by atoms with Gasteiger partial charge in [0, 0.05) is 26.7 Å². The number of unbranched alkanes of at least 4 members (excludes halogenated alkanes) is 1. The van der Waals surface area contributed by atoms with Crippen LogP contribution in [0, 0.1) is 0 Å². The first-order valence-electron chi connectivity index (χ1n) is 4.06. The summed E-state index contributed by atoms with van der Waals surface area (Å²) in [4.78, 5) is 10.5. The third-order valence-corrected chi connectivity index (χ3v) is 1.46. The molecule has 1 radical (unpaired) electrons. The van der Waals surface area contributed by atoms with Crippen molar-refractivity contribution in [2.45, 2.75) is 39.2 Å². The molecule has 0 saturated heterocycles. The fourth-order valence-electron chi connectivity index (χ4n) is 0.869. The molecule has 0 saturated carbocycles. The van der Waals surface area contributed by atoms with Crippen LogP contribution in [0.25, 0.3) is 0 Å². The molecule has 1 unspecified atom stereocenters. The summed E-state index contributed by atoms with van der Waals surface area (Å²) in [5, 5.41) is 8.61. The zero-order valence-corrected chi connectivity index (χ0v) is 9.90. The first-order chi connectivity index (χ1) is 5.22. The topological polar surface area (TPSA) is 46.5 Å². The summed E-state index contributed by atoms with van der Waals surface area (Å²) in [6.07, 6.45) is 1.95. The monoisotopic (exact) mass is 353 g/mol. The van der Waals surface area contributed by atoms with E-state index in [0.717, 1.165) is 12.8 Å². The maximum Gasteiger partial charge on any atom is 0.332 e. The zero-order valence-electron chi connectivity index (χ0n) is 7.50. The van der Waals surface area contributed by atoms with Gasteiger partial charge in [0.15, 0.2) is 6.10 Å². The Hall–Kier alpha value is 0.0794. The number of carbonyl (C=O) groups is 1. The smallest absolute Gasteiger partial charge is 0.332 e. The molecule has 0 aliphatic rings. The Morgan fingerprint density at radius 1 is 1.50 bits per heavy atom. The van der Waals surface area contributed by atoms with Gasteiger partial charge in [-0.15, -0.1) is 0 Å². The van der Waals surface area contributed by atoms with Gasteiger partial charge in [0.2, 0.25) is 0 Å². The van der Waals surface area contributed by atoms with Gasteiger partial charge >= 0.3 is 5.97 Å². The van der Waals surface area contributed by atoms with Crippen LogP contribution >= 0.6 is 0 Å². The van der Waals surface area contributed by atoms with Gasteiger partial charge in [-0.25, -0.2) is 4.79 Å². The second-order valence-corrected chi connectivity index (χ2v) is 2.42. The first kappa shape index (κ1) is 14.6. The molecule has 3 nitrogen and oxygen atoms in total. The Morgan fingerprint density at radius 3 is 2.42 bits per heavy atom. The summed E-state index contributed by atoms with van der Waals surface area (Å²) in [6, 6.07) is 0. The fourth-order valence-corrected chi connectivity index (χ4v) is 0.869. The molecule has 0 aromatic rings. The van der Waals surface area contributed by atoms with Crippen LogP contribution in [0.4, 0.5) is 0 Å². The summed E-state index contributed by atoms with van der Waals surface area (Å²) < 4.78 is 5.01. The summed E-state index contributed by atoms with van der Waals surface area (Å²) in [6.45, 7) is 4.31. The number of aliphatic carboxylic acids is 1. The van der Waals surface area contributed by atoms with E-state index in [2.05, 4.69) is 0 Å². The van der Waals surface area contributed by atoms with E-state index in [1.165, 1.54) is 0 Å². The predicted octanol–water partition coefficient (Wildman–Crippen LogP) is 1.66. The largest absolute Gasteiger partial charge is 0.479 e. The minimum Gasteiger partial charge on any atom is -0.479 e. The Kier molecular flexibility index (Phi) is 11.2. The van der Waals surface area contributed by atoms with E-state index in [-0.39, 0.29) is 20.1 Å². The van der Waals surface area contributed by atoms with E-state index in [1.807, 2.05) is 13.8 Å². The number of carboxylic acids is 1. The molecule has 0 amide bonds. The molecular weight excluding hydrogens is 336 g/mol. The van der Waals surface area contributed by atoms with Gasteiger partial charge in [0.1, 0.15) is 0 Å².